The van der Waals surface area contributed by atoms with E-state index in [4.69, 9.17) is 16.3 Å². The molecule has 0 fully saturated rings. The third-order valence-corrected chi connectivity index (χ3v) is 3.06. The van der Waals surface area contributed by atoms with Gasteiger partial charge in [-0.25, -0.2) is 8.78 Å². The molecule has 0 aromatic heterocycles. The Kier molecular flexibility index (Phi) is 5.65. The summed E-state index contributed by atoms with van der Waals surface area (Å²) in [5.74, 6) is -2.41. The Hall–Kier alpha value is -2.47. The van der Waals surface area contributed by atoms with Crippen LogP contribution >= 0.6 is 11.6 Å². The summed E-state index contributed by atoms with van der Waals surface area (Å²) in [6.45, 7) is -0.564. The van der Waals surface area contributed by atoms with Crippen molar-refractivity contribution in [3.63, 3.8) is 0 Å². The maximum absolute atomic E-state index is 13.4. The molecule has 0 aliphatic rings. The van der Waals surface area contributed by atoms with E-state index in [0.29, 0.717) is 5.56 Å². The monoisotopic (exact) mass is 339 g/mol. The smallest absolute Gasteiger partial charge is 0.310 e. The minimum absolute atomic E-state index is 0.0981. The van der Waals surface area contributed by atoms with Gasteiger partial charge in [-0.15, -0.1) is 0 Å². The number of hydrogen-bond acceptors (Lipinski definition) is 3. The molecule has 0 radical (unpaired) electrons. The number of rotatable bonds is 5. The van der Waals surface area contributed by atoms with Crippen LogP contribution in [-0.2, 0) is 20.7 Å². The summed E-state index contributed by atoms with van der Waals surface area (Å²) < 4.78 is 31.0. The summed E-state index contributed by atoms with van der Waals surface area (Å²) >= 11 is 5.70. The van der Waals surface area contributed by atoms with Crippen LogP contribution < -0.4 is 5.32 Å². The van der Waals surface area contributed by atoms with Crippen molar-refractivity contribution in [1.82, 2.24) is 0 Å². The summed E-state index contributed by atoms with van der Waals surface area (Å²) in [5, 5.41) is 2.51. The highest BCUT2D eigenvalue weighted by atomic mass is 35.5. The molecule has 2 aromatic rings. The number of anilines is 1. The SMILES string of the molecule is O=C(COC(=O)Cc1ccc(F)cc1)Nc1cc(Cl)ccc1F. The molecule has 0 spiro atoms. The molecular weight excluding hydrogens is 328 g/mol. The molecule has 0 atom stereocenters. The van der Waals surface area contributed by atoms with Gasteiger partial charge in [-0.2, -0.15) is 0 Å². The maximum atomic E-state index is 13.4. The fourth-order valence-corrected chi connectivity index (χ4v) is 1.92. The van der Waals surface area contributed by atoms with Gasteiger partial charge >= 0.3 is 5.97 Å². The lowest BCUT2D eigenvalue weighted by Crippen LogP contribution is -2.22. The zero-order chi connectivity index (χ0) is 16.8. The largest absolute Gasteiger partial charge is 0.455 e. The quantitative estimate of drug-likeness (QED) is 0.850. The molecule has 0 aliphatic heterocycles. The Labute approximate surface area is 136 Å². The van der Waals surface area contributed by atoms with Gasteiger partial charge in [0.25, 0.3) is 5.91 Å². The number of ether oxygens (including phenoxy) is 1. The highest BCUT2D eigenvalue weighted by Crippen LogP contribution is 2.19. The van der Waals surface area contributed by atoms with Crippen LogP contribution in [0, 0.1) is 11.6 Å². The minimum atomic E-state index is -0.696. The number of benzene rings is 2. The van der Waals surface area contributed by atoms with Crippen LogP contribution in [0.4, 0.5) is 14.5 Å². The fourth-order valence-electron chi connectivity index (χ4n) is 1.75. The highest BCUT2D eigenvalue weighted by molar-refractivity contribution is 6.30. The Morgan fingerprint density at radius 2 is 1.78 bits per heavy atom. The van der Waals surface area contributed by atoms with Gasteiger partial charge in [0, 0.05) is 5.02 Å². The second kappa shape index (κ2) is 7.69. The standard InChI is InChI=1S/C16H12ClF2NO3/c17-11-3-6-13(19)14(8-11)20-15(21)9-23-16(22)7-10-1-4-12(18)5-2-10/h1-6,8H,7,9H2,(H,20,21). The molecule has 0 aliphatic carbocycles. The van der Waals surface area contributed by atoms with E-state index in [2.05, 4.69) is 5.32 Å². The predicted octanol–water partition coefficient (Wildman–Crippen LogP) is 3.34. The molecule has 7 heteroatoms. The summed E-state index contributed by atoms with van der Waals surface area (Å²) in [5.41, 5.74) is 0.453. The van der Waals surface area contributed by atoms with Crippen LogP contribution in [0.5, 0.6) is 0 Å². The van der Waals surface area contributed by atoms with Gasteiger partial charge in [-0.05, 0) is 35.9 Å². The first-order chi connectivity index (χ1) is 10.9. The highest BCUT2D eigenvalue weighted by Gasteiger charge is 2.11. The van der Waals surface area contributed by atoms with E-state index < -0.39 is 30.1 Å². The number of nitrogens with one attached hydrogen (secondary N) is 1. The summed E-state index contributed by atoms with van der Waals surface area (Å²) in [7, 11) is 0. The Morgan fingerprint density at radius 3 is 2.48 bits per heavy atom. The zero-order valence-corrected chi connectivity index (χ0v) is 12.6. The van der Waals surface area contributed by atoms with Gasteiger partial charge in [0.05, 0.1) is 12.1 Å². The Morgan fingerprint density at radius 1 is 1.09 bits per heavy atom. The maximum Gasteiger partial charge on any atom is 0.310 e. The molecule has 0 bridgehead atoms. The molecule has 1 N–H and O–H groups in total. The average molecular weight is 340 g/mol. The molecule has 120 valence electrons. The van der Waals surface area contributed by atoms with Gasteiger partial charge in [-0.1, -0.05) is 23.7 Å². The molecule has 2 rings (SSSR count). The number of carbonyl (C=O) groups excluding carboxylic acids is 2. The van der Waals surface area contributed by atoms with Crippen LogP contribution in [0.3, 0.4) is 0 Å². The van der Waals surface area contributed by atoms with Crippen LogP contribution in [0.25, 0.3) is 0 Å². The van der Waals surface area contributed by atoms with E-state index in [1.807, 2.05) is 0 Å². The Balaban J connectivity index is 1.83. The van der Waals surface area contributed by atoms with Crippen molar-refractivity contribution in [2.45, 2.75) is 6.42 Å². The van der Waals surface area contributed by atoms with E-state index in [1.165, 1.54) is 36.4 Å². The van der Waals surface area contributed by atoms with Gasteiger partial charge in [0.15, 0.2) is 6.61 Å². The van der Waals surface area contributed by atoms with Gasteiger partial charge in [0.2, 0.25) is 0 Å². The van der Waals surface area contributed by atoms with Crippen molar-refractivity contribution in [1.29, 1.82) is 0 Å². The third-order valence-electron chi connectivity index (χ3n) is 2.83. The Bertz CT molecular complexity index is 720. The average Bonchev–Trinajstić information content (AvgIpc) is 2.51. The van der Waals surface area contributed by atoms with Gasteiger partial charge < -0.3 is 10.1 Å². The van der Waals surface area contributed by atoms with Crippen molar-refractivity contribution in [3.8, 4) is 0 Å². The van der Waals surface area contributed by atoms with E-state index >= 15 is 0 Å². The first kappa shape index (κ1) is 16.9. The molecule has 0 unspecified atom stereocenters. The summed E-state index contributed by atoms with van der Waals surface area (Å²) in [6, 6.07) is 9.02. The van der Waals surface area contributed by atoms with Gasteiger partial charge in [0.1, 0.15) is 11.6 Å². The molecule has 1 amide bonds. The van der Waals surface area contributed by atoms with Gasteiger partial charge in [-0.3, -0.25) is 9.59 Å². The second-order valence-electron chi connectivity index (χ2n) is 4.64. The topological polar surface area (TPSA) is 55.4 Å². The number of esters is 1. The predicted molar refractivity (Wildman–Crippen MR) is 81.1 cm³/mol. The lowest BCUT2D eigenvalue weighted by Gasteiger charge is -2.08. The molecule has 0 saturated carbocycles. The summed E-state index contributed by atoms with van der Waals surface area (Å²) in [6.07, 6.45) is -0.0981. The third kappa shape index (κ3) is 5.34. The van der Waals surface area contributed by atoms with E-state index in [-0.39, 0.29) is 17.1 Å². The number of halogens is 3. The van der Waals surface area contributed by atoms with Crippen LogP contribution in [0.1, 0.15) is 5.56 Å². The molecule has 23 heavy (non-hydrogen) atoms. The number of carbonyl (C=O) groups is 2. The van der Waals surface area contributed by atoms with Crippen molar-refractivity contribution in [3.05, 3.63) is 64.7 Å². The molecule has 4 nitrogen and oxygen atoms in total. The molecule has 2 aromatic carbocycles. The van der Waals surface area contributed by atoms with E-state index in [0.717, 1.165) is 6.07 Å². The normalized spacial score (nSPS) is 10.2. The molecule has 0 saturated heterocycles. The lowest BCUT2D eigenvalue weighted by molar-refractivity contribution is -0.146. The fraction of sp³-hybridized carbons (Fsp3) is 0.125. The van der Waals surface area contributed by atoms with E-state index in [9.17, 15) is 18.4 Å². The van der Waals surface area contributed by atoms with E-state index in [1.54, 1.807) is 0 Å². The molecular formula is C16H12ClF2NO3. The lowest BCUT2D eigenvalue weighted by atomic mass is 10.1. The molecule has 0 heterocycles. The minimum Gasteiger partial charge on any atom is -0.455 e. The van der Waals surface area contributed by atoms with Crippen molar-refractivity contribution < 1.29 is 23.1 Å². The summed E-state index contributed by atoms with van der Waals surface area (Å²) in [4.78, 5) is 23.2. The number of hydrogen-bond donors (Lipinski definition) is 1. The zero-order valence-electron chi connectivity index (χ0n) is 11.8. The van der Waals surface area contributed by atoms with Crippen molar-refractivity contribution in [2.24, 2.45) is 0 Å². The van der Waals surface area contributed by atoms with Crippen LogP contribution in [-0.4, -0.2) is 18.5 Å². The van der Waals surface area contributed by atoms with Crippen molar-refractivity contribution in [2.75, 3.05) is 11.9 Å². The van der Waals surface area contributed by atoms with Crippen molar-refractivity contribution >= 4 is 29.2 Å². The van der Waals surface area contributed by atoms with Crippen LogP contribution in [0.15, 0.2) is 42.5 Å². The first-order valence-electron chi connectivity index (χ1n) is 6.59. The number of amides is 1. The van der Waals surface area contributed by atoms with Crippen LogP contribution in [0.2, 0.25) is 5.02 Å². The first-order valence-corrected chi connectivity index (χ1v) is 6.97. The second-order valence-corrected chi connectivity index (χ2v) is 5.07.